The zero-order valence-electron chi connectivity index (χ0n) is 32.4. The molecule has 0 aliphatic rings. The second kappa shape index (κ2) is 14.6. The SMILES string of the molecule is c1ccc(N(c2ccc(-c3ccc(N(c4ccccc4)c4ccc5c6ccccc6n(-c6ccccc6)c5c4)c4ccccc34)cc2)c2ccc3ccccc3c2)cc1. The second-order valence-electron chi connectivity index (χ2n) is 15.0. The number of hydrogen-bond donors (Lipinski definition) is 0. The van der Waals surface area contributed by atoms with E-state index in [0.29, 0.717) is 0 Å². The largest absolute Gasteiger partial charge is 0.310 e. The van der Waals surface area contributed by atoms with Crippen LogP contribution in [-0.4, -0.2) is 4.57 Å². The van der Waals surface area contributed by atoms with Gasteiger partial charge < -0.3 is 14.4 Å². The average Bonchev–Trinajstić information content (AvgIpc) is 3.64. The first-order chi connectivity index (χ1) is 29.3. The van der Waals surface area contributed by atoms with Crippen LogP contribution >= 0.6 is 0 Å². The van der Waals surface area contributed by atoms with Crippen molar-refractivity contribution in [3.05, 3.63) is 237 Å². The molecule has 0 saturated heterocycles. The molecule has 59 heavy (non-hydrogen) atoms. The van der Waals surface area contributed by atoms with Crippen molar-refractivity contribution < 1.29 is 0 Å². The summed E-state index contributed by atoms with van der Waals surface area (Å²) >= 11 is 0. The molecule has 0 spiro atoms. The first kappa shape index (κ1) is 34.4. The zero-order chi connectivity index (χ0) is 39.1. The molecule has 0 saturated carbocycles. The Morgan fingerprint density at radius 3 is 1.56 bits per heavy atom. The van der Waals surface area contributed by atoms with Crippen molar-refractivity contribution in [2.24, 2.45) is 0 Å². The van der Waals surface area contributed by atoms with Crippen molar-refractivity contribution in [3.63, 3.8) is 0 Å². The third-order valence-electron chi connectivity index (χ3n) is 11.5. The molecule has 10 aromatic carbocycles. The Balaban J connectivity index is 1.04. The Hall–Kier alpha value is -7.88. The first-order valence-electron chi connectivity index (χ1n) is 20.2. The monoisotopic (exact) mass is 753 g/mol. The number of fused-ring (bicyclic) bond motifs is 5. The van der Waals surface area contributed by atoms with Crippen LogP contribution in [0.3, 0.4) is 0 Å². The van der Waals surface area contributed by atoms with E-state index in [1.807, 2.05) is 0 Å². The van der Waals surface area contributed by atoms with Crippen LogP contribution in [0.2, 0.25) is 0 Å². The van der Waals surface area contributed by atoms with Crippen molar-refractivity contribution >= 4 is 77.5 Å². The number of anilines is 6. The summed E-state index contributed by atoms with van der Waals surface area (Å²) < 4.78 is 2.39. The molecule has 0 atom stereocenters. The summed E-state index contributed by atoms with van der Waals surface area (Å²) in [7, 11) is 0. The summed E-state index contributed by atoms with van der Waals surface area (Å²) in [5.74, 6) is 0. The highest BCUT2D eigenvalue weighted by molar-refractivity contribution is 6.11. The molecule has 1 aromatic heterocycles. The lowest BCUT2D eigenvalue weighted by Gasteiger charge is -2.28. The Morgan fingerprint density at radius 2 is 0.814 bits per heavy atom. The molecule has 0 amide bonds. The molecule has 0 unspecified atom stereocenters. The van der Waals surface area contributed by atoms with Gasteiger partial charge in [-0.3, -0.25) is 0 Å². The number of aromatic nitrogens is 1. The van der Waals surface area contributed by atoms with Crippen LogP contribution in [0.15, 0.2) is 237 Å². The number of rotatable bonds is 8. The minimum atomic E-state index is 1.10. The summed E-state index contributed by atoms with van der Waals surface area (Å²) in [6, 6.07) is 85.3. The van der Waals surface area contributed by atoms with E-state index in [1.165, 1.54) is 54.5 Å². The number of benzene rings is 10. The molecule has 3 heteroatoms. The lowest BCUT2D eigenvalue weighted by molar-refractivity contribution is 1.18. The fourth-order valence-corrected chi connectivity index (χ4v) is 8.82. The van der Waals surface area contributed by atoms with E-state index < -0.39 is 0 Å². The van der Waals surface area contributed by atoms with Gasteiger partial charge in [-0.15, -0.1) is 0 Å². The summed E-state index contributed by atoms with van der Waals surface area (Å²) in [4.78, 5) is 4.74. The maximum Gasteiger partial charge on any atom is 0.0561 e. The molecule has 0 radical (unpaired) electrons. The van der Waals surface area contributed by atoms with Crippen LogP contribution in [-0.2, 0) is 0 Å². The smallest absolute Gasteiger partial charge is 0.0561 e. The first-order valence-corrected chi connectivity index (χ1v) is 20.2. The van der Waals surface area contributed by atoms with E-state index in [9.17, 15) is 0 Å². The predicted octanol–water partition coefficient (Wildman–Crippen LogP) is 15.7. The van der Waals surface area contributed by atoms with E-state index in [2.05, 4.69) is 251 Å². The zero-order valence-corrected chi connectivity index (χ0v) is 32.4. The Kier molecular flexibility index (Phi) is 8.49. The van der Waals surface area contributed by atoms with Crippen LogP contribution in [0.25, 0.3) is 60.2 Å². The molecule has 0 aliphatic carbocycles. The van der Waals surface area contributed by atoms with Gasteiger partial charge >= 0.3 is 0 Å². The highest BCUT2D eigenvalue weighted by Gasteiger charge is 2.20. The van der Waals surface area contributed by atoms with Gasteiger partial charge in [-0.25, -0.2) is 0 Å². The maximum atomic E-state index is 2.41. The minimum Gasteiger partial charge on any atom is -0.310 e. The van der Waals surface area contributed by atoms with Crippen LogP contribution in [0.4, 0.5) is 34.1 Å². The van der Waals surface area contributed by atoms with Gasteiger partial charge in [-0.2, -0.15) is 0 Å². The molecule has 1 heterocycles. The van der Waals surface area contributed by atoms with Crippen LogP contribution in [0.5, 0.6) is 0 Å². The van der Waals surface area contributed by atoms with Gasteiger partial charge in [-0.1, -0.05) is 152 Å². The van der Waals surface area contributed by atoms with Crippen LogP contribution in [0.1, 0.15) is 0 Å². The van der Waals surface area contributed by atoms with E-state index in [1.54, 1.807) is 0 Å². The number of nitrogens with zero attached hydrogens (tertiary/aromatic N) is 3. The summed E-state index contributed by atoms with van der Waals surface area (Å²) in [6.07, 6.45) is 0. The molecule has 3 nitrogen and oxygen atoms in total. The second-order valence-corrected chi connectivity index (χ2v) is 15.0. The van der Waals surface area contributed by atoms with Crippen molar-refractivity contribution in [3.8, 4) is 16.8 Å². The Morgan fingerprint density at radius 1 is 0.288 bits per heavy atom. The minimum absolute atomic E-state index is 1.10. The van der Waals surface area contributed by atoms with E-state index in [-0.39, 0.29) is 0 Å². The van der Waals surface area contributed by atoms with Gasteiger partial charge in [0.05, 0.1) is 16.7 Å². The average molecular weight is 754 g/mol. The molecule has 11 aromatic rings. The molecule has 0 fully saturated rings. The van der Waals surface area contributed by atoms with E-state index in [0.717, 1.165) is 39.8 Å². The van der Waals surface area contributed by atoms with E-state index in [4.69, 9.17) is 0 Å². The third kappa shape index (κ3) is 6.08. The molecule has 11 rings (SSSR count). The maximum absolute atomic E-state index is 2.41. The van der Waals surface area contributed by atoms with Crippen molar-refractivity contribution in [2.45, 2.75) is 0 Å². The van der Waals surface area contributed by atoms with Gasteiger partial charge in [0.25, 0.3) is 0 Å². The number of hydrogen-bond acceptors (Lipinski definition) is 2. The van der Waals surface area contributed by atoms with Crippen molar-refractivity contribution in [1.29, 1.82) is 0 Å². The standard InChI is InChI=1S/C56H39N3/c1-4-18-43(19-5-1)57(47-33-28-40-16-10-11-17-42(40)38-47)46-31-29-41(30-32-46)49-36-37-55(51-25-13-12-24-50(49)51)58(44-20-6-2-7-21-44)48-34-35-53-52-26-14-15-27-54(52)59(56(53)39-48)45-22-8-3-9-23-45/h1-39H. The fourth-order valence-electron chi connectivity index (χ4n) is 8.82. The predicted molar refractivity (Wildman–Crippen MR) is 251 cm³/mol. The number of para-hydroxylation sites is 4. The lowest BCUT2D eigenvalue weighted by atomic mass is 9.96. The Bertz CT molecular complexity index is 3260. The van der Waals surface area contributed by atoms with Gasteiger partial charge in [0.1, 0.15) is 0 Å². The highest BCUT2D eigenvalue weighted by atomic mass is 15.1. The Labute approximate surface area is 343 Å². The van der Waals surface area contributed by atoms with Crippen molar-refractivity contribution in [2.75, 3.05) is 9.80 Å². The summed E-state index contributed by atoms with van der Waals surface area (Å²) in [5.41, 5.74) is 12.6. The van der Waals surface area contributed by atoms with Crippen molar-refractivity contribution in [1.82, 2.24) is 4.57 Å². The summed E-state index contributed by atoms with van der Waals surface area (Å²) in [6.45, 7) is 0. The van der Waals surface area contributed by atoms with E-state index >= 15 is 0 Å². The molecule has 0 aliphatic heterocycles. The molecule has 278 valence electrons. The van der Waals surface area contributed by atoms with Crippen LogP contribution in [0, 0.1) is 0 Å². The third-order valence-corrected chi connectivity index (χ3v) is 11.5. The van der Waals surface area contributed by atoms with Gasteiger partial charge in [-0.05, 0) is 112 Å². The summed E-state index contributed by atoms with van der Waals surface area (Å²) in [5, 5.41) is 7.32. The molecule has 0 bridgehead atoms. The highest BCUT2D eigenvalue weighted by Crippen LogP contribution is 2.44. The quantitative estimate of drug-likeness (QED) is 0.153. The van der Waals surface area contributed by atoms with Gasteiger partial charge in [0.2, 0.25) is 0 Å². The molecule has 0 N–H and O–H groups in total. The normalized spacial score (nSPS) is 11.4. The molecular weight excluding hydrogens is 715 g/mol. The lowest BCUT2D eigenvalue weighted by Crippen LogP contribution is -2.11. The molecular formula is C56H39N3. The topological polar surface area (TPSA) is 11.4 Å². The fraction of sp³-hybridized carbons (Fsp3) is 0. The van der Waals surface area contributed by atoms with Gasteiger partial charge in [0.15, 0.2) is 0 Å². The van der Waals surface area contributed by atoms with Crippen LogP contribution < -0.4 is 9.80 Å². The van der Waals surface area contributed by atoms with Gasteiger partial charge in [0, 0.05) is 50.3 Å².